The number of halogens is 1. The SMILES string of the molecule is O=S(=O)(NCCCCN1CCC(c2noc3cc(F)ccc23)CC1)c1ccc(-c2ccccc2)cc1. The Bertz CT molecular complexity index is 1400. The van der Waals surface area contributed by atoms with E-state index in [1.807, 2.05) is 42.5 Å². The average molecular weight is 508 g/mol. The lowest BCUT2D eigenvalue weighted by Gasteiger charge is -2.31. The number of fused-ring (bicyclic) bond motifs is 1. The Morgan fingerprint density at radius 3 is 2.42 bits per heavy atom. The molecule has 0 radical (unpaired) electrons. The van der Waals surface area contributed by atoms with Crippen molar-refractivity contribution in [2.45, 2.75) is 36.5 Å². The molecule has 1 aromatic heterocycles. The summed E-state index contributed by atoms with van der Waals surface area (Å²) in [5.41, 5.74) is 3.48. The van der Waals surface area contributed by atoms with Gasteiger partial charge in [0, 0.05) is 23.9 Å². The quantitative estimate of drug-likeness (QED) is 0.300. The van der Waals surface area contributed by atoms with Crippen LogP contribution < -0.4 is 4.72 Å². The van der Waals surface area contributed by atoms with Crippen molar-refractivity contribution in [1.29, 1.82) is 0 Å². The number of rotatable bonds is 9. The van der Waals surface area contributed by atoms with Crippen molar-refractivity contribution >= 4 is 21.0 Å². The highest BCUT2D eigenvalue weighted by atomic mass is 32.2. The van der Waals surface area contributed by atoms with Gasteiger partial charge in [-0.15, -0.1) is 0 Å². The van der Waals surface area contributed by atoms with Gasteiger partial charge in [0.15, 0.2) is 5.58 Å². The molecule has 6 nitrogen and oxygen atoms in total. The van der Waals surface area contributed by atoms with E-state index in [2.05, 4.69) is 14.8 Å². The molecular formula is C28H30FN3O3S. The van der Waals surface area contributed by atoms with Gasteiger partial charge in [0.25, 0.3) is 0 Å². The minimum atomic E-state index is -3.52. The number of piperidine rings is 1. The third kappa shape index (κ3) is 5.67. The highest BCUT2D eigenvalue weighted by Crippen LogP contribution is 2.32. The zero-order valence-electron chi connectivity index (χ0n) is 20.1. The second-order valence-corrected chi connectivity index (χ2v) is 11.1. The Kier molecular flexibility index (Phi) is 7.46. The second kappa shape index (κ2) is 10.9. The second-order valence-electron chi connectivity index (χ2n) is 9.32. The van der Waals surface area contributed by atoms with Crippen LogP contribution in [-0.4, -0.2) is 44.7 Å². The Labute approximate surface area is 211 Å². The summed E-state index contributed by atoms with van der Waals surface area (Å²) in [6.07, 6.45) is 3.66. The summed E-state index contributed by atoms with van der Waals surface area (Å²) in [4.78, 5) is 2.70. The van der Waals surface area contributed by atoms with E-state index in [1.54, 1.807) is 18.2 Å². The van der Waals surface area contributed by atoms with Crippen LogP contribution >= 0.6 is 0 Å². The number of sulfonamides is 1. The number of hydrogen-bond donors (Lipinski definition) is 1. The summed E-state index contributed by atoms with van der Waals surface area (Å²) in [6.45, 7) is 3.27. The molecule has 8 heteroatoms. The van der Waals surface area contributed by atoms with Crippen molar-refractivity contribution < 1.29 is 17.3 Å². The number of likely N-dealkylation sites (tertiary alicyclic amines) is 1. The fourth-order valence-corrected chi connectivity index (χ4v) is 5.94. The smallest absolute Gasteiger partial charge is 0.240 e. The average Bonchev–Trinajstić information content (AvgIpc) is 3.32. The zero-order valence-corrected chi connectivity index (χ0v) is 20.9. The van der Waals surface area contributed by atoms with Crippen LogP contribution in [0.2, 0.25) is 0 Å². The standard InChI is InChI=1S/C28H30FN3O3S/c29-24-10-13-26-27(20-24)35-31-28(26)23-14-18-32(19-15-23)17-5-4-16-30-36(33,34)25-11-8-22(9-12-25)21-6-2-1-3-7-21/h1-3,6-13,20,23,30H,4-5,14-19H2. The van der Waals surface area contributed by atoms with Crippen molar-refractivity contribution in [2.75, 3.05) is 26.2 Å². The summed E-state index contributed by atoms with van der Waals surface area (Å²) >= 11 is 0. The van der Waals surface area contributed by atoms with Gasteiger partial charge in [-0.1, -0.05) is 47.6 Å². The van der Waals surface area contributed by atoms with Crippen LogP contribution in [-0.2, 0) is 10.0 Å². The number of hydrogen-bond acceptors (Lipinski definition) is 5. The van der Waals surface area contributed by atoms with Crippen molar-refractivity contribution in [3.8, 4) is 11.1 Å². The van der Waals surface area contributed by atoms with Gasteiger partial charge in [-0.05, 0) is 80.7 Å². The Morgan fingerprint density at radius 1 is 0.944 bits per heavy atom. The molecule has 188 valence electrons. The van der Waals surface area contributed by atoms with Crippen LogP contribution in [0, 0.1) is 5.82 Å². The molecule has 1 fully saturated rings. The molecule has 1 aliphatic heterocycles. The molecular weight excluding hydrogens is 477 g/mol. The number of unbranched alkanes of at least 4 members (excludes halogenated alkanes) is 1. The number of nitrogens with zero attached hydrogens (tertiary/aromatic N) is 2. The predicted octanol–water partition coefficient (Wildman–Crippen LogP) is 5.57. The number of nitrogens with one attached hydrogen (secondary N) is 1. The molecule has 0 amide bonds. The van der Waals surface area contributed by atoms with Gasteiger partial charge in [-0.2, -0.15) is 0 Å². The summed E-state index contributed by atoms with van der Waals surface area (Å²) < 4.78 is 46.8. The maximum Gasteiger partial charge on any atom is 0.240 e. The molecule has 5 rings (SSSR count). The van der Waals surface area contributed by atoms with Gasteiger partial charge < -0.3 is 9.42 Å². The lowest BCUT2D eigenvalue weighted by molar-refractivity contribution is 0.206. The Morgan fingerprint density at radius 2 is 1.67 bits per heavy atom. The predicted molar refractivity (Wildman–Crippen MR) is 139 cm³/mol. The van der Waals surface area contributed by atoms with Crippen LogP contribution in [0.5, 0.6) is 0 Å². The molecule has 0 spiro atoms. The molecule has 4 aromatic rings. The molecule has 0 atom stereocenters. The first-order valence-corrected chi connectivity index (χ1v) is 13.9. The van der Waals surface area contributed by atoms with Crippen molar-refractivity contribution in [3.05, 3.63) is 84.3 Å². The fourth-order valence-electron chi connectivity index (χ4n) is 4.86. The molecule has 0 unspecified atom stereocenters. The number of aromatic nitrogens is 1. The maximum atomic E-state index is 13.4. The van der Waals surface area contributed by atoms with E-state index >= 15 is 0 Å². The summed E-state index contributed by atoms with van der Waals surface area (Å²) in [7, 11) is -3.52. The Hall–Kier alpha value is -3.07. The third-order valence-corrected chi connectivity index (χ3v) is 8.38. The van der Waals surface area contributed by atoms with Gasteiger partial charge in [0.05, 0.1) is 10.6 Å². The summed E-state index contributed by atoms with van der Waals surface area (Å²) in [5.74, 6) is -0.00340. The first-order valence-electron chi connectivity index (χ1n) is 12.4. The van der Waals surface area contributed by atoms with Crippen molar-refractivity contribution in [2.24, 2.45) is 0 Å². The first kappa shape index (κ1) is 24.6. The fraction of sp³-hybridized carbons (Fsp3) is 0.321. The lowest BCUT2D eigenvalue weighted by atomic mass is 9.91. The van der Waals surface area contributed by atoms with Crippen LogP contribution in [0.3, 0.4) is 0 Å². The van der Waals surface area contributed by atoms with Gasteiger partial charge in [-0.3, -0.25) is 0 Å². The van der Waals surface area contributed by atoms with E-state index in [-0.39, 0.29) is 10.7 Å². The molecule has 3 aromatic carbocycles. The van der Waals surface area contributed by atoms with Crippen molar-refractivity contribution in [1.82, 2.24) is 14.8 Å². The molecule has 0 bridgehead atoms. The molecule has 1 aliphatic rings. The monoisotopic (exact) mass is 507 g/mol. The zero-order chi connectivity index (χ0) is 25.0. The minimum absolute atomic E-state index is 0.285. The summed E-state index contributed by atoms with van der Waals surface area (Å²) in [6, 6.07) is 21.5. The third-order valence-electron chi connectivity index (χ3n) is 6.90. The largest absolute Gasteiger partial charge is 0.356 e. The molecule has 2 heterocycles. The molecule has 0 saturated carbocycles. The normalized spacial score (nSPS) is 15.5. The van der Waals surface area contributed by atoms with Crippen LogP contribution in [0.15, 0.2) is 82.2 Å². The minimum Gasteiger partial charge on any atom is -0.356 e. The van der Waals surface area contributed by atoms with Crippen LogP contribution in [0.25, 0.3) is 22.1 Å². The summed E-state index contributed by atoms with van der Waals surface area (Å²) in [5, 5.41) is 5.11. The van der Waals surface area contributed by atoms with Crippen LogP contribution in [0.1, 0.15) is 37.3 Å². The lowest BCUT2D eigenvalue weighted by Crippen LogP contribution is -2.34. The van der Waals surface area contributed by atoms with E-state index in [1.165, 1.54) is 12.1 Å². The van der Waals surface area contributed by atoms with Gasteiger partial charge in [-0.25, -0.2) is 17.5 Å². The van der Waals surface area contributed by atoms with E-state index in [4.69, 9.17) is 4.52 Å². The van der Waals surface area contributed by atoms with Gasteiger partial charge >= 0.3 is 0 Å². The van der Waals surface area contributed by atoms with E-state index in [0.717, 1.165) is 67.5 Å². The van der Waals surface area contributed by atoms with E-state index in [9.17, 15) is 12.8 Å². The van der Waals surface area contributed by atoms with Gasteiger partial charge in [0.2, 0.25) is 10.0 Å². The number of benzene rings is 3. The maximum absolute atomic E-state index is 13.4. The molecule has 1 saturated heterocycles. The van der Waals surface area contributed by atoms with Crippen LogP contribution in [0.4, 0.5) is 4.39 Å². The van der Waals surface area contributed by atoms with E-state index < -0.39 is 10.0 Å². The van der Waals surface area contributed by atoms with Gasteiger partial charge in [0.1, 0.15) is 5.82 Å². The van der Waals surface area contributed by atoms with E-state index in [0.29, 0.717) is 18.0 Å². The molecule has 1 N–H and O–H groups in total. The highest BCUT2D eigenvalue weighted by Gasteiger charge is 2.25. The van der Waals surface area contributed by atoms with Crippen molar-refractivity contribution in [3.63, 3.8) is 0 Å². The first-order chi connectivity index (χ1) is 17.5. The molecule has 0 aliphatic carbocycles. The Balaban J connectivity index is 1.04. The highest BCUT2D eigenvalue weighted by molar-refractivity contribution is 7.89. The topological polar surface area (TPSA) is 75.4 Å². The molecule has 36 heavy (non-hydrogen) atoms.